The Labute approximate surface area is 144 Å². The third-order valence-electron chi connectivity index (χ3n) is 4.57. The fourth-order valence-electron chi connectivity index (χ4n) is 3.35. The number of carbonyl (C=O) groups excluding carboxylic acids is 1. The van der Waals surface area contributed by atoms with E-state index in [1.165, 1.54) is 22.3 Å². The molecular formula is C21H25NO2. The minimum absolute atomic E-state index is 0.124. The molecule has 0 saturated heterocycles. The molecule has 0 spiro atoms. The van der Waals surface area contributed by atoms with E-state index in [2.05, 4.69) is 55.6 Å². The summed E-state index contributed by atoms with van der Waals surface area (Å²) in [5.74, 6) is 0.785. The monoisotopic (exact) mass is 323 g/mol. The molecule has 1 aliphatic rings. The van der Waals surface area contributed by atoms with Crippen LogP contribution in [0.2, 0.25) is 0 Å². The molecule has 3 heteroatoms. The van der Waals surface area contributed by atoms with Crippen LogP contribution in [0.1, 0.15) is 43.7 Å². The molecule has 0 aromatic heterocycles. The zero-order chi connectivity index (χ0) is 16.9. The van der Waals surface area contributed by atoms with Gasteiger partial charge in [0.1, 0.15) is 6.61 Å². The Balaban J connectivity index is 1.60. The van der Waals surface area contributed by atoms with Crippen molar-refractivity contribution < 1.29 is 9.53 Å². The second kappa shape index (κ2) is 7.52. The molecule has 0 saturated carbocycles. The zero-order valence-electron chi connectivity index (χ0n) is 14.4. The molecule has 2 aromatic carbocycles. The van der Waals surface area contributed by atoms with Gasteiger partial charge >= 0.3 is 6.09 Å². The second-order valence-corrected chi connectivity index (χ2v) is 6.79. The molecule has 0 unspecified atom stereocenters. The summed E-state index contributed by atoms with van der Waals surface area (Å²) in [6.45, 7) is 5.43. The highest BCUT2D eigenvalue weighted by molar-refractivity contribution is 5.79. The van der Waals surface area contributed by atoms with Crippen molar-refractivity contribution in [2.24, 2.45) is 5.92 Å². The van der Waals surface area contributed by atoms with E-state index in [9.17, 15) is 4.79 Å². The Bertz CT molecular complexity index is 663. The highest BCUT2D eigenvalue weighted by atomic mass is 16.5. The van der Waals surface area contributed by atoms with E-state index in [1.807, 2.05) is 12.1 Å². The highest BCUT2D eigenvalue weighted by Crippen LogP contribution is 2.44. The number of ether oxygens (including phenoxy) is 1. The van der Waals surface area contributed by atoms with Gasteiger partial charge in [-0.3, -0.25) is 0 Å². The van der Waals surface area contributed by atoms with E-state index < -0.39 is 0 Å². The normalized spacial score (nSPS) is 12.8. The number of alkyl carbamates (subject to hydrolysis) is 1. The van der Waals surface area contributed by atoms with Crippen LogP contribution in [0.15, 0.2) is 48.5 Å². The van der Waals surface area contributed by atoms with Gasteiger partial charge in [0.25, 0.3) is 0 Å². The molecule has 0 atom stereocenters. The van der Waals surface area contributed by atoms with Crippen molar-refractivity contribution >= 4 is 6.09 Å². The van der Waals surface area contributed by atoms with Crippen molar-refractivity contribution in [1.82, 2.24) is 5.32 Å². The van der Waals surface area contributed by atoms with Gasteiger partial charge in [-0.2, -0.15) is 0 Å². The summed E-state index contributed by atoms with van der Waals surface area (Å²) < 4.78 is 5.50. The van der Waals surface area contributed by atoms with Crippen LogP contribution in [0.3, 0.4) is 0 Å². The Hall–Kier alpha value is -2.29. The summed E-state index contributed by atoms with van der Waals surface area (Å²) >= 11 is 0. The molecule has 0 radical (unpaired) electrons. The van der Waals surface area contributed by atoms with Crippen LogP contribution in [-0.4, -0.2) is 19.2 Å². The van der Waals surface area contributed by atoms with Gasteiger partial charge in [0, 0.05) is 12.5 Å². The summed E-state index contributed by atoms with van der Waals surface area (Å²) in [7, 11) is 0. The Kier molecular flexibility index (Phi) is 5.19. The van der Waals surface area contributed by atoms with E-state index in [0.717, 1.165) is 12.8 Å². The van der Waals surface area contributed by atoms with Crippen molar-refractivity contribution in [3.05, 3.63) is 59.7 Å². The summed E-state index contributed by atoms with van der Waals surface area (Å²) in [5.41, 5.74) is 4.98. The van der Waals surface area contributed by atoms with E-state index in [0.29, 0.717) is 19.1 Å². The first-order valence-corrected chi connectivity index (χ1v) is 8.75. The van der Waals surface area contributed by atoms with Gasteiger partial charge in [-0.15, -0.1) is 0 Å². The minimum atomic E-state index is -0.319. The SMILES string of the molecule is CC(C)CCCNC(=O)OCC1c2ccccc2-c2ccccc21. The molecule has 0 aliphatic heterocycles. The first-order chi connectivity index (χ1) is 11.7. The highest BCUT2D eigenvalue weighted by Gasteiger charge is 2.28. The van der Waals surface area contributed by atoms with E-state index in [1.54, 1.807) is 0 Å². The predicted octanol–water partition coefficient (Wildman–Crippen LogP) is 4.96. The Morgan fingerprint density at radius 2 is 1.62 bits per heavy atom. The lowest BCUT2D eigenvalue weighted by molar-refractivity contribution is 0.142. The van der Waals surface area contributed by atoms with Crippen molar-refractivity contribution in [2.45, 2.75) is 32.6 Å². The maximum Gasteiger partial charge on any atom is 0.407 e. The lowest BCUT2D eigenvalue weighted by Crippen LogP contribution is -2.27. The molecule has 24 heavy (non-hydrogen) atoms. The molecule has 3 rings (SSSR count). The molecule has 126 valence electrons. The van der Waals surface area contributed by atoms with Crippen LogP contribution in [0.5, 0.6) is 0 Å². The quantitative estimate of drug-likeness (QED) is 0.763. The first kappa shape index (κ1) is 16.6. The van der Waals surface area contributed by atoms with Gasteiger partial charge in [-0.25, -0.2) is 4.79 Å². The van der Waals surface area contributed by atoms with Crippen molar-refractivity contribution in [3.63, 3.8) is 0 Å². The molecule has 2 aromatic rings. The van der Waals surface area contributed by atoms with Gasteiger partial charge < -0.3 is 10.1 Å². The van der Waals surface area contributed by atoms with Gasteiger partial charge in [-0.1, -0.05) is 62.4 Å². The lowest BCUT2D eigenvalue weighted by atomic mass is 9.98. The Morgan fingerprint density at radius 3 is 2.21 bits per heavy atom. The van der Waals surface area contributed by atoms with Crippen molar-refractivity contribution in [3.8, 4) is 11.1 Å². The number of amides is 1. The van der Waals surface area contributed by atoms with Gasteiger partial charge in [0.15, 0.2) is 0 Å². The summed E-state index contributed by atoms with van der Waals surface area (Å²) in [5, 5.41) is 2.85. The van der Waals surface area contributed by atoms with E-state index >= 15 is 0 Å². The van der Waals surface area contributed by atoms with E-state index in [4.69, 9.17) is 4.74 Å². The third kappa shape index (κ3) is 3.61. The number of rotatable bonds is 6. The average molecular weight is 323 g/mol. The molecule has 1 amide bonds. The third-order valence-corrected chi connectivity index (χ3v) is 4.57. The van der Waals surface area contributed by atoms with Crippen molar-refractivity contribution in [2.75, 3.05) is 13.2 Å². The number of hydrogen-bond acceptors (Lipinski definition) is 2. The number of nitrogens with one attached hydrogen (secondary N) is 1. The number of benzene rings is 2. The van der Waals surface area contributed by atoms with Gasteiger partial charge in [0.2, 0.25) is 0 Å². The lowest BCUT2D eigenvalue weighted by Gasteiger charge is -2.14. The van der Waals surface area contributed by atoms with E-state index in [-0.39, 0.29) is 12.0 Å². The zero-order valence-corrected chi connectivity index (χ0v) is 14.4. The number of fused-ring (bicyclic) bond motifs is 3. The standard InChI is InChI=1S/C21H25NO2/c1-15(2)8-7-13-22-21(23)24-14-20-18-11-5-3-9-16(18)17-10-4-6-12-19(17)20/h3-6,9-12,15,20H,7-8,13-14H2,1-2H3,(H,22,23). The molecule has 0 fully saturated rings. The van der Waals surface area contributed by atoms with Gasteiger partial charge in [-0.05, 0) is 41.0 Å². The smallest absolute Gasteiger partial charge is 0.407 e. The molecule has 0 heterocycles. The topological polar surface area (TPSA) is 38.3 Å². The average Bonchev–Trinajstić information content (AvgIpc) is 2.91. The van der Waals surface area contributed by atoms with Crippen LogP contribution >= 0.6 is 0 Å². The predicted molar refractivity (Wildman–Crippen MR) is 97.1 cm³/mol. The second-order valence-electron chi connectivity index (χ2n) is 6.79. The molecule has 1 aliphatic carbocycles. The fourth-order valence-corrected chi connectivity index (χ4v) is 3.35. The fraction of sp³-hybridized carbons (Fsp3) is 0.381. The van der Waals surface area contributed by atoms with Crippen LogP contribution in [0, 0.1) is 5.92 Å². The summed E-state index contributed by atoms with van der Waals surface area (Å²) in [6.07, 6.45) is 1.78. The summed E-state index contributed by atoms with van der Waals surface area (Å²) in [6, 6.07) is 16.7. The Morgan fingerprint density at radius 1 is 1.04 bits per heavy atom. The van der Waals surface area contributed by atoms with Crippen molar-refractivity contribution in [1.29, 1.82) is 0 Å². The van der Waals surface area contributed by atoms with Gasteiger partial charge in [0.05, 0.1) is 0 Å². The maximum atomic E-state index is 11.9. The minimum Gasteiger partial charge on any atom is -0.449 e. The van der Waals surface area contributed by atoms with Crippen LogP contribution < -0.4 is 5.32 Å². The molecule has 0 bridgehead atoms. The first-order valence-electron chi connectivity index (χ1n) is 8.75. The number of carbonyl (C=O) groups is 1. The molecular weight excluding hydrogens is 298 g/mol. The van der Waals surface area contributed by atoms with Crippen LogP contribution in [0.25, 0.3) is 11.1 Å². The van der Waals surface area contributed by atoms with Crippen LogP contribution in [0.4, 0.5) is 4.79 Å². The van der Waals surface area contributed by atoms with Crippen LogP contribution in [-0.2, 0) is 4.74 Å². The number of hydrogen-bond donors (Lipinski definition) is 1. The molecule has 3 nitrogen and oxygen atoms in total. The summed E-state index contributed by atoms with van der Waals surface area (Å²) in [4.78, 5) is 11.9. The largest absolute Gasteiger partial charge is 0.449 e. The molecule has 1 N–H and O–H groups in total. The maximum absolute atomic E-state index is 11.9.